The van der Waals surface area contributed by atoms with Crippen molar-refractivity contribution in [3.05, 3.63) is 0 Å². The number of nitrogens with zero attached hydrogens (tertiary/aromatic N) is 2. The lowest BCUT2D eigenvalue weighted by Gasteiger charge is -2.44. The molecule has 1 aliphatic heterocycles. The van der Waals surface area contributed by atoms with Crippen molar-refractivity contribution in [2.45, 2.75) is 25.9 Å². The van der Waals surface area contributed by atoms with Crippen LogP contribution in [0.25, 0.3) is 0 Å². The maximum Gasteiger partial charge on any atom is 0.0196 e. The van der Waals surface area contributed by atoms with Crippen LogP contribution in [0.15, 0.2) is 0 Å². The van der Waals surface area contributed by atoms with Crippen LogP contribution in [0.1, 0.15) is 13.8 Å². The summed E-state index contributed by atoms with van der Waals surface area (Å²) in [6.07, 6.45) is 0. The first-order valence-electron chi connectivity index (χ1n) is 6.46. The number of likely N-dealkylation sites (N-methyl/N-ethyl adjacent to an activating group) is 2. The number of piperazine rings is 1. The number of hydrogen-bond acceptors (Lipinski definition) is 4. The minimum absolute atomic E-state index is 0.682. The first-order chi connectivity index (χ1) is 7.69. The van der Waals surface area contributed by atoms with Gasteiger partial charge in [-0.3, -0.25) is 9.80 Å². The molecule has 16 heavy (non-hydrogen) atoms. The van der Waals surface area contributed by atoms with Gasteiger partial charge >= 0.3 is 0 Å². The Morgan fingerprint density at radius 2 is 1.25 bits per heavy atom. The maximum absolute atomic E-state index is 3.23. The molecule has 0 amide bonds. The molecule has 2 unspecified atom stereocenters. The largest absolute Gasteiger partial charge is 0.318 e. The second-order valence-corrected chi connectivity index (χ2v) is 4.90. The Hall–Kier alpha value is -0.160. The van der Waals surface area contributed by atoms with E-state index in [9.17, 15) is 0 Å². The summed E-state index contributed by atoms with van der Waals surface area (Å²) >= 11 is 0. The molecule has 0 radical (unpaired) electrons. The van der Waals surface area contributed by atoms with E-state index in [4.69, 9.17) is 0 Å². The zero-order valence-electron chi connectivity index (χ0n) is 11.3. The Bertz CT molecular complexity index is 166. The SMILES string of the molecule is CNCCN1CC(C)N(CCNC)CC1C. The Kier molecular flexibility index (Phi) is 6.28. The van der Waals surface area contributed by atoms with E-state index in [0.717, 1.165) is 13.1 Å². The second-order valence-electron chi connectivity index (χ2n) is 4.90. The highest BCUT2D eigenvalue weighted by molar-refractivity contribution is 4.84. The van der Waals surface area contributed by atoms with Crippen LogP contribution in [0.2, 0.25) is 0 Å². The minimum atomic E-state index is 0.682. The van der Waals surface area contributed by atoms with Crippen LogP contribution in [0, 0.1) is 0 Å². The summed E-state index contributed by atoms with van der Waals surface area (Å²) in [5.41, 5.74) is 0. The topological polar surface area (TPSA) is 30.5 Å². The van der Waals surface area contributed by atoms with Crippen LogP contribution in [0.4, 0.5) is 0 Å². The van der Waals surface area contributed by atoms with E-state index in [1.54, 1.807) is 0 Å². The summed E-state index contributed by atoms with van der Waals surface area (Å²) in [6.45, 7) is 11.6. The number of rotatable bonds is 6. The summed E-state index contributed by atoms with van der Waals surface area (Å²) < 4.78 is 0. The molecule has 2 atom stereocenters. The maximum atomic E-state index is 3.23. The Balaban J connectivity index is 2.36. The Labute approximate surface area is 100 Å². The molecule has 4 nitrogen and oxygen atoms in total. The van der Waals surface area contributed by atoms with Gasteiger partial charge in [0, 0.05) is 51.4 Å². The number of nitrogens with one attached hydrogen (secondary N) is 2. The van der Waals surface area contributed by atoms with Crippen LogP contribution >= 0.6 is 0 Å². The summed E-state index contributed by atoms with van der Waals surface area (Å²) in [6, 6.07) is 1.36. The fourth-order valence-electron chi connectivity index (χ4n) is 2.40. The van der Waals surface area contributed by atoms with E-state index in [1.165, 1.54) is 26.2 Å². The van der Waals surface area contributed by atoms with Gasteiger partial charge < -0.3 is 10.6 Å². The lowest BCUT2D eigenvalue weighted by atomic mass is 10.1. The van der Waals surface area contributed by atoms with Gasteiger partial charge in [-0.1, -0.05) is 0 Å². The molecule has 1 aliphatic rings. The van der Waals surface area contributed by atoms with Gasteiger partial charge in [-0.15, -0.1) is 0 Å². The number of hydrogen-bond donors (Lipinski definition) is 2. The van der Waals surface area contributed by atoms with Crippen LogP contribution in [-0.4, -0.2) is 75.2 Å². The molecule has 0 aromatic heterocycles. The van der Waals surface area contributed by atoms with Crippen LogP contribution in [-0.2, 0) is 0 Å². The molecule has 0 saturated carbocycles. The highest BCUT2D eigenvalue weighted by Crippen LogP contribution is 2.13. The molecule has 0 aromatic rings. The first-order valence-corrected chi connectivity index (χ1v) is 6.46. The molecule has 1 saturated heterocycles. The van der Waals surface area contributed by atoms with Gasteiger partial charge in [0.15, 0.2) is 0 Å². The van der Waals surface area contributed by atoms with E-state index in [0.29, 0.717) is 12.1 Å². The smallest absolute Gasteiger partial charge is 0.0196 e. The van der Waals surface area contributed by atoms with Crippen LogP contribution < -0.4 is 10.6 Å². The lowest BCUT2D eigenvalue weighted by Crippen LogP contribution is -2.58. The van der Waals surface area contributed by atoms with E-state index < -0.39 is 0 Å². The van der Waals surface area contributed by atoms with E-state index in [-0.39, 0.29) is 0 Å². The van der Waals surface area contributed by atoms with Crippen molar-refractivity contribution in [2.24, 2.45) is 0 Å². The van der Waals surface area contributed by atoms with Crippen LogP contribution in [0.3, 0.4) is 0 Å². The van der Waals surface area contributed by atoms with E-state index in [2.05, 4.69) is 34.3 Å². The van der Waals surface area contributed by atoms with Crippen molar-refractivity contribution in [1.82, 2.24) is 20.4 Å². The van der Waals surface area contributed by atoms with Gasteiger partial charge in [-0.2, -0.15) is 0 Å². The highest BCUT2D eigenvalue weighted by atomic mass is 15.3. The van der Waals surface area contributed by atoms with Crippen LogP contribution in [0.5, 0.6) is 0 Å². The second kappa shape index (κ2) is 7.22. The quantitative estimate of drug-likeness (QED) is 0.660. The predicted octanol–water partition coefficient (Wildman–Crippen LogP) is -0.180. The van der Waals surface area contributed by atoms with E-state index in [1.807, 2.05) is 14.1 Å². The van der Waals surface area contributed by atoms with Gasteiger partial charge in [-0.25, -0.2) is 0 Å². The first kappa shape index (κ1) is 13.9. The van der Waals surface area contributed by atoms with Crippen molar-refractivity contribution < 1.29 is 0 Å². The molecule has 1 heterocycles. The molecule has 1 rings (SSSR count). The monoisotopic (exact) mass is 228 g/mol. The normalized spacial score (nSPS) is 28.5. The standard InChI is InChI=1S/C12H28N4/c1-11-9-16(8-6-14-4)12(2)10-15(11)7-5-13-3/h11-14H,5-10H2,1-4H3. The Morgan fingerprint density at radius 1 is 0.875 bits per heavy atom. The average molecular weight is 228 g/mol. The average Bonchev–Trinajstić information content (AvgIpc) is 2.28. The molecule has 0 spiro atoms. The lowest BCUT2D eigenvalue weighted by molar-refractivity contribution is 0.0448. The molecule has 96 valence electrons. The zero-order chi connectivity index (χ0) is 12.0. The molecule has 1 fully saturated rings. The van der Waals surface area contributed by atoms with Crippen molar-refractivity contribution in [2.75, 3.05) is 53.4 Å². The molecule has 0 bridgehead atoms. The molecule has 0 aliphatic carbocycles. The van der Waals surface area contributed by atoms with Crippen molar-refractivity contribution in [1.29, 1.82) is 0 Å². The minimum Gasteiger partial charge on any atom is -0.318 e. The summed E-state index contributed by atoms with van der Waals surface area (Å²) in [5.74, 6) is 0. The molecular weight excluding hydrogens is 200 g/mol. The third-order valence-electron chi connectivity index (χ3n) is 3.54. The van der Waals surface area contributed by atoms with Crippen molar-refractivity contribution in [3.8, 4) is 0 Å². The summed E-state index contributed by atoms with van der Waals surface area (Å²) in [7, 11) is 4.05. The van der Waals surface area contributed by atoms with Crippen molar-refractivity contribution >= 4 is 0 Å². The van der Waals surface area contributed by atoms with Gasteiger partial charge in [0.2, 0.25) is 0 Å². The van der Waals surface area contributed by atoms with E-state index >= 15 is 0 Å². The zero-order valence-corrected chi connectivity index (χ0v) is 11.3. The highest BCUT2D eigenvalue weighted by Gasteiger charge is 2.27. The third-order valence-corrected chi connectivity index (χ3v) is 3.54. The Morgan fingerprint density at radius 3 is 1.56 bits per heavy atom. The third kappa shape index (κ3) is 4.01. The summed E-state index contributed by atoms with van der Waals surface area (Å²) in [4.78, 5) is 5.19. The molecule has 2 N–H and O–H groups in total. The van der Waals surface area contributed by atoms with Gasteiger partial charge in [0.1, 0.15) is 0 Å². The molecule has 0 aromatic carbocycles. The molecule has 4 heteroatoms. The predicted molar refractivity (Wildman–Crippen MR) is 69.9 cm³/mol. The van der Waals surface area contributed by atoms with Gasteiger partial charge in [0.25, 0.3) is 0 Å². The van der Waals surface area contributed by atoms with Gasteiger partial charge in [-0.05, 0) is 27.9 Å². The van der Waals surface area contributed by atoms with Crippen molar-refractivity contribution in [3.63, 3.8) is 0 Å². The fraction of sp³-hybridized carbons (Fsp3) is 1.00. The van der Waals surface area contributed by atoms with Gasteiger partial charge in [0.05, 0.1) is 0 Å². The fourth-order valence-corrected chi connectivity index (χ4v) is 2.40. The molecular formula is C12H28N4. The summed E-state index contributed by atoms with van der Waals surface area (Å²) in [5, 5.41) is 6.46.